The van der Waals surface area contributed by atoms with Gasteiger partial charge in [-0.1, -0.05) is 11.6 Å². The van der Waals surface area contributed by atoms with Crippen molar-refractivity contribution in [2.45, 2.75) is 24.5 Å². The van der Waals surface area contributed by atoms with Crippen LogP contribution in [0.15, 0.2) is 18.2 Å². The van der Waals surface area contributed by atoms with E-state index in [0.717, 1.165) is 5.56 Å². The van der Waals surface area contributed by atoms with E-state index in [0.29, 0.717) is 23.6 Å². The van der Waals surface area contributed by atoms with Crippen LogP contribution in [0.5, 0.6) is 5.75 Å². The zero-order chi connectivity index (χ0) is 11.1. The number of methoxy groups -OCH3 is 1. The molecule has 0 bridgehead atoms. The number of hydrogen-bond acceptors (Lipinski definition) is 3. The maximum atomic E-state index is 10.3. The lowest BCUT2D eigenvalue weighted by atomic mass is 9.71. The quantitative estimate of drug-likeness (QED) is 0.808. The van der Waals surface area contributed by atoms with Gasteiger partial charge in [-0.2, -0.15) is 0 Å². The van der Waals surface area contributed by atoms with E-state index in [2.05, 4.69) is 0 Å². The van der Waals surface area contributed by atoms with Crippen molar-refractivity contribution in [2.24, 2.45) is 5.73 Å². The van der Waals surface area contributed by atoms with Gasteiger partial charge in [-0.05, 0) is 31.0 Å². The summed E-state index contributed by atoms with van der Waals surface area (Å²) >= 11 is 5.90. The van der Waals surface area contributed by atoms with Gasteiger partial charge in [0, 0.05) is 16.6 Å². The normalized spacial score (nSPS) is 29.7. The van der Waals surface area contributed by atoms with Crippen molar-refractivity contribution in [1.82, 2.24) is 0 Å². The Bertz CT molecular complexity index is 375. The van der Waals surface area contributed by atoms with Gasteiger partial charge in [-0.15, -0.1) is 0 Å². The number of hydrogen-bond donors (Lipinski definition) is 2. The summed E-state index contributed by atoms with van der Waals surface area (Å²) < 4.78 is 5.20. The Balaban J connectivity index is 2.38. The molecule has 1 aliphatic carbocycles. The lowest BCUT2D eigenvalue weighted by molar-refractivity contribution is -0.0538. The van der Waals surface area contributed by atoms with Crippen LogP contribution in [0.4, 0.5) is 0 Å². The highest BCUT2D eigenvalue weighted by atomic mass is 35.5. The predicted octanol–water partition coefficient (Wildman–Crippen LogP) is 1.66. The summed E-state index contributed by atoms with van der Waals surface area (Å²) in [6.07, 6.45) is 1.12. The van der Waals surface area contributed by atoms with Crippen molar-refractivity contribution < 1.29 is 9.84 Å². The summed E-state index contributed by atoms with van der Waals surface area (Å²) in [4.78, 5) is 0. The Labute approximate surface area is 93.8 Å². The molecule has 0 heterocycles. The minimum Gasteiger partial charge on any atom is -0.496 e. The van der Waals surface area contributed by atoms with E-state index in [1.54, 1.807) is 25.3 Å². The Morgan fingerprint density at radius 2 is 2.20 bits per heavy atom. The van der Waals surface area contributed by atoms with E-state index in [1.165, 1.54) is 0 Å². The number of nitrogens with two attached hydrogens (primary N) is 1. The molecule has 0 aliphatic heterocycles. The van der Waals surface area contributed by atoms with Gasteiger partial charge in [0.2, 0.25) is 0 Å². The monoisotopic (exact) mass is 227 g/mol. The highest BCUT2D eigenvalue weighted by Crippen LogP contribution is 2.44. The van der Waals surface area contributed by atoms with Gasteiger partial charge >= 0.3 is 0 Å². The molecule has 3 nitrogen and oxygen atoms in total. The van der Waals surface area contributed by atoms with Crippen LogP contribution in [0.25, 0.3) is 0 Å². The van der Waals surface area contributed by atoms with E-state index in [-0.39, 0.29) is 6.04 Å². The highest BCUT2D eigenvalue weighted by molar-refractivity contribution is 6.30. The van der Waals surface area contributed by atoms with Crippen molar-refractivity contribution in [2.75, 3.05) is 7.11 Å². The largest absolute Gasteiger partial charge is 0.496 e. The van der Waals surface area contributed by atoms with E-state index >= 15 is 0 Å². The molecule has 1 aromatic rings. The summed E-state index contributed by atoms with van der Waals surface area (Å²) in [7, 11) is 1.58. The topological polar surface area (TPSA) is 55.5 Å². The highest BCUT2D eigenvalue weighted by Gasteiger charge is 2.44. The lowest BCUT2D eigenvalue weighted by Crippen LogP contribution is -2.49. The van der Waals surface area contributed by atoms with Crippen LogP contribution in [0.2, 0.25) is 5.02 Å². The second kappa shape index (κ2) is 3.67. The van der Waals surface area contributed by atoms with E-state index in [9.17, 15) is 5.11 Å². The molecular weight excluding hydrogens is 214 g/mol. The van der Waals surface area contributed by atoms with Crippen molar-refractivity contribution >= 4 is 11.6 Å². The number of halogens is 1. The summed E-state index contributed by atoms with van der Waals surface area (Å²) in [6, 6.07) is 5.32. The number of benzene rings is 1. The summed E-state index contributed by atoms with van der Waals surface area (Å²) in [5, 5.41) is 10.9. The molecule has 0 radical (unpaired) electrons. The minimum absolute atomic E-state index is 0.0682. The molecule has 4 heteroatoms. The van der Waals surface area contributed by atoms with Crippen LogP contribution < -0.4 is 10.5 Å². The Kier molecular flexibility index (Phi) is 2.63. The second-order valence-electron chi connectivity index (χ2n) is 4.04. The van der Waals surface area contributed by atoms with E-state index < -0.39 is 5.60 Å². The van der Waals surface area contributed by atoms with Crippen LogP contribution in [-0.4, -0.2) is 18.3 Å². The number of rotatable bonds is 2. The average Bonchev–Trinajstić information content (AvgIpc) is 2.15. The molecule has 1 saturated carbocycles. The summed E-state index contributed by atoms with van der Waals surface area (Å²) in [5.74, 6) is 0.661. The molecule has 0 aromatic heterocycles. The predicted molar refractivity (Wildman–Crippen MR) is 59.1 cm³/mol. The first-order chi connectivity index (χ1) is 7.05. The Morgan fingerprint density at radius 1 is 1.53 bits per heavy atom. The average molecular weight is 228 g/mol. The third kappa shape index (κ3) is 1.83. The molecule has 0 saturated heterocycles. The summed E-state index contributed by atoms with van der Waals surface area (Å²) in [5.41, 5.74) is 5.56. The van der Waals surface area contributed by atoms with Crippen LogP contribution >= 0.6 is 11.6 Å². The molecule has 1 fully saturated rings. The SMILES string of the molecule is COc1ccc(Cl)cc1C1(O)CC(N)C1. The maximum Gasteiger partial charge on any atom is 0.125 e. The van der Waals surface area contributed by atoms with E-state index in [1.807, 2.05) is 0 Å². The molecule has 0 unspecified atom stereocenters. The van der Waals surface area contributed by atoms with Gasteiger partial charge < -0.3 is 15.6 Å². The first-order valence-electron chi connectivity index (χ1n) is 4.87. The van der Waals surface area contributed by atoms with Crippen molar-refractivity contribution in [3.63, 3.8) is 0 Å². The van der Waals surface area contributed by atoms with Crippen LogP contribution in [0, 0.1) is 0 Å². The molecule has 15 heavy (non-hydrogen) atoms. The lowest BCUT2D eigenvalue weighted by Gasteiger charge is -2.42. The van der Waals surface area contributed by atoms with Crippen LogP contribution in [0.3, 0.4) is 0 Å². The fourth-order valence-electron chi connectivity index (χ4n) is 2.07. The Morgan fingerprint density at radius 3 is 2.73 bits per heavy atom. The molecule has 2 rings (SSSR count). The third-order valence-corrected chi connectivity index (χ3v) is 3.10. The minimum atomic E-state index is -0.865. The summed E-state index contributed by atoms with van der Waals surface area (Å²) in [6.45, 7) is 0. The van der Waals surface area contributed by atoms with Crippen molar-refractivity contribution in [3.8, 4) is 5.75 Å². The molecule has 1 aliphatic rings. The van der Waals surface area contributed by atoms with Crippen molar-refractivity contribution in [3.05, 3.63) is 28.8 Å². The maximum absolute atomic E-state index is 10.3. The van der Waals surface area contributed by atoms with E-state index in [4.69, 9.17) is 22.1 Å². The first kappa shape index (κ1) is 10.7. The molecule has 0 amide bonds. The zero-order valence-corrected chi connectivity index (χ0v) is 9.29. The number of aliphatic hydroxyl groups is 1. The van der Waals surface area contributed by atoms with Gasteiger partial charge in [0.05, 0.1) is 12.7 Å². The molecule has 3 N–H and O–H groups in total. The fourth-order valence-corrected chi connectivity index (χ4v) is 2.24. The van der Waals surface area contributed by atoms with Gasteiger partial charge in [0.25, 0.3) is 0 Å². The smallest absolute Gasteiger partial charge is 0.125 e. The van der Waals surface area contributed by atoms with Crippen LogP contribution in [0.1, 0.15) is 18.4 Å². The van der Waals surface area contributed by atoms with Gasteiger partial charge in [-0.3, -0.25) is 0 Å². The fraction of sp³-hybridized carbons (Fsp3) is 0.455. The standard InChI is InChI=1S/C11H14ClNO2/c1-15-10-3-2-7(12)4-9(10)11(14)5-8(13)6-11/h2-4,8,14H,5-6,13H2,1H3. The van der Waals surface area contributed by atoms with Gasteiger partial charge in [0.15, 0.2) is 0 Å². The molecule has 0 spiro atoms. The molecule has 1 aromatic carbocycles. The molecular formula is C11H14ClNO2. The first-order valence-corrected chi connectivity index (χ1v) is 5.25. The molecule has 82 valence electrons. The number of ether oxygens (including phenoxy) is 1. The third-order valence-electron chi connectivity index (χ3n) is 2.86. The Hall–Kier alpha value is -0.770. The van der Waals surface area contributed by atoms with Gasteiger partial charge in [-0.25, -0.2) is 0 Å². The second-order valence-corrected chi connectivity index (χ2v) is 4.48. The van der Waals surface area contributed by atoms with Crippen LogP contribution in [-0.2, 0) is 5.60 Å². The zero-order valence-electron chi connectivity index (χ0n) is 8.53. The van der Waals surface area contributed by atoms with Gasteiger partial charge in [0.1, 0.15) is 5.75 Å². The van der Waals surface area contributed by atoms with Crippen molar-refractivity contribution in [1.29, 1.82) is 0 Å². The molecule has 0 atom stereocenters.